The predicted octanol–water partition coefficient (Wildman–Crippen LogP) is 2.07. The minimum Gasteiger partial charge on any atom is -0.508 e. The molecule has 1 unspecified atom stereocenters. The molecule has 1 fully saturated rings. The Hall–Kier alpha value is -1.06. The number of phenolic OH excluding ortho intramolecular Hbond substituents is 1. The van der Waals surface area contributed by atoms with Gasteiger partial charge in [-0.1, -0.05) is 18.6 Å². The Labute approximate surface area is 109 Å². The molecule has 1 aliphatic carbocycles. The van der Waals surface area contributed by atoms with E-state index in [1.807, 2.05) is 12.1 Å². The number of aliphatic hydroxyl groups excluding tert-OH is 1. The van der Waals surface area contributed by atoms with Crippen molar-refractivity contribution in [3.63, 3.8) is 0 Å². The van der Waals surface area contributed by atoms with Gasteiger partial charge in [-0.2, -0.15) is 0 Å². The summed E-state index contributed by atoms with van der Waals surface area (Å²) in [6.45, 7) is 2.36. The second-order valence-electron chi connectivity index (χ2n) is 5.40. The molecule has 3 nitrogen and oxygen atoms in total. The van der Waals surface area contributed by atoms with E-state index in [9.17, 15) is 10.2 Å². The number of hydrogen-bond acceptors (Lipinski definition) is 3. The molecule has 1 aromatic rings. The summed E-state index contributed by atoms with van der Waals surface area (Å²) in [4.78, 5) is 0. The molecule has 0 amide bonds. The Balaban J connectivity index is 1.86. The number of rotatable bonds is 6. The molecule has 18 heavy (non-hydrogen) atoms. The smallest absolute Gasteiger partial charge is 0.115 e. The highest BCUT2D eigenvalue weighted by atomic mass is 16.3. The Morgan fingerprint density at radius 2 is 1.94 bits per heavy atom. The van der Waals surface area contributed by atoms with Crippen LogP contribution in [0.3, 0.4) is 0 Å². The number of benzene rings is 1. The topological polar surface area (TPSA) is 52.5 Å². The second-order valence-corrected chi connectivity index (χ2v) is 5.40. The Bertz CT molecular complexity index is 359. The lowest BCUT2D eigenvalue weighted by Crippen LogP contribution is -2.45. The third-order valence-electron chi connectivity index (χ3n) is 3.99. The molecule has 0 aromatic heterocycles. The summed E-state index contributed by atoms with van der Waals surface area (Å²) in [5, 5.41) is 22.2. The second kappa shape index (κ2) is 6.21. The molecule has 1 aliphatic rings. The molecule has 1 aromatic carbocycles. The lowest BCUT2D eigenvalue weighted by atomic mass is 9.80. The van der Waals surface area contributed by atoms with Gasteiger partial charge in [-0.05, 0) is 49.8 Å². The summed E-state index contributed by atoms with van der Waals surface area (Å²) in [5.74, 6) is 1.06. The summed E-state index contributed by atoms with van der Waals surface area (Å²) in [6.07, 6.45) is 4.77. The average Bonchev–Trinajstić information content (AvgIpc) is 2.28. The highest BCUT2D eigenvalue weighted by molar-refractivity contribution is 5.26. The number of hydrogen-bond donors (Lipinski definition) is 3. The van der Waals surface area contributed by atoms with Crippen molar-refractivity contribution in [2.75, 3.05) is 6.61 Å². The molecule has 0 aliphatic heterocycles. The van der Waals surface area contributed by atoms with Gasteiger partial charge in [-0.25, -0.2) is 0 Å². The van der Waals surface area contributed by atoms with E-state index in [2.05, 4.69) is 12.2 Å². The Morgan fingerprint density at radius 1 is 1.28 bits per heavy atom. The van der Waals surface area contributed by atoms with Crippen LogP contribution in [-0.4, -0.2) is 28.9 Å². The van der Waals surface area contributed by atoms with Crippen LogP contribution in [0.2, 0.25) is 0 Å². The van der Waals surface area contributed by atoms with Crippen LogP contribution in [0.15, 0.2) is 24.3 Å². The maximum Gasteiger partial charge on any atom is 0.115 e. The molecule has 2 rings (SSSR count). The Morgan fingerprint density at radius 3 is 2.44 bits per heavy atom. The first-order valence-corrected chi connectivity index (χ1v) is 6.84. The van der Waals surface area contributed by atoms with Gasteiger partial charge in [0.25, 0.3) is 0 Å². The average molecular weight is 249 g/mol. The molecule has 0 spiro atoms. The van der Waals surface area contributed by atoms with Crippen molar-refractivity contribution in [2.45, 2.75) is 44.7 Å². The van der Waals surface area contributed by atoms with Gasteiger partial charge in [0.15, 0.2) is 0 Å². The zero-order chi connectivity index (χ0) is 13.0. The monoisotopic (exact) mass is 249 g/mol. The Kier molecular flexibility index (Phi) is 4.61. The van der Waals surface area contributed by atoms with Crippen molar-refractivity contribution in [3.8, 4) is 5.75 Å². The van der Waals surface area contributed by atoms with Gasteiger partial charge in [0.05, 0.1) is 6.61 Å². The maximum absolute atomic E-state index is 9.45. The number of aromatic hydroxyl groups is 1. The van der Waals surface area contributed by atoms with Gasteiger partial charge >= 0.3 is 0 Å². The van der Waals surface area contributed by atoms with Crippen LogP contribution < -0.4 is 5.32 Å². The van der Waals surface area contributed by atoms with Crippen molar-refractivity contribution >= 4 is 0 Å². The third-order valence-corrected chi connectivity index (χ3v) is 3.99. The minimum atomic E-state index is 0.102. The van der Waals surface area contributed by atoms with Crippen LogP contribution in [0.4, 0.5) is 0 Å². The molecular formula is C15H23NO2. The molecule has 0 radical (unpaired) electrons. The van der Waals surface area contributed by atoms with Crippen molar-refractivity contribution in [1.82, 2.24) is 5.32 Å². The molecule has 100 valence electrons. The van der Waals surface area contributed by atoms with Crippen LogP contribution >= 0.6 is 0 Å². The number of aliphatic hydroxyl groups is 1. The van der Waals surface area contributed by atoms with E-state index in [0.29, 0.717) is 6.04 Å². The molecule has 3 N–H and O–H groups in total. The van der Waals surface area contributed by atoms with Gasteiger partial charge in [-0.15, -0.1) is 0 Å². The summed E-state index contributed by atoms with van der Waals surface area (Å²) < 4.78 is 0. The lowest BCUT2D eigenvalue weighted by Gasteiger charge is -2.34. The van der Waals surface area contributed by atoms with Gasteiger partial charge in [0.1, 0.15) is 5.75 Å². The normalized spacial score (nSPS) is 19.2. The molecule has 2 atom stereocenters. The van der Waals surface area contributed by atoms with Gasteiger partial charge < -0.3 is 15.5 Å². The molecule has 0 bridgehead atoms. The standard InChI is InChI=1S/C15H23NO2/c1-11(13-3-2-4-13)16-14(10-17)9-12-5-7-15(18)8-6-12/h5-8,11,13-14,16-18H,2-4,9-10H2,1H3/t11?,14-/m0/s1. The minimum absolute atomic E-state index is 0.102. The summed E-state index contributed by atoms with van der Waals surface area (Å²) >= 11 is 0. The van der Waals surface area contributed by atoms with Gasteiger partial charge in [0, 0.05) is 12.1 Å². The summed E-state index contributed by atoms with van der Waals surface area (Å²) in [5.41, 5.74) is 1.14. The van der Waals surface area contributed by atoms with Crippen molar-refractivity contribution in [2.24, 2.45) is 5.92 Å². The number of nitrogens with one attached hydrogen (secondary N) is 1. The quantitative estimate of drug-likeness (QED) is 0.723. The van der Waals surface area contributed by atoms with Crippen molar-refractivity contribution in [3.05, 3.63) is 29.8 Å². The van der Waals surface area contributed by atoms with Crippen LogP contribution in [0.5, 0.6) is 5.75 Å². The SMILES string of the molecule is CC(N[C@H](CO)Cc1ccc(O)cc1)C1CCC1. The molecule has 1 saturated carbocycles. The molecule has 0 saturated heterocycles. The zero-order valence-corrected chi connectivity index (χ0v) is 11.0. The molecule has 3 heteroatoms. The summed E-state index contributed by atoms with van der Waals surface area (Å²) in [6, 6.07) is 7.79. The van der Waals surface area contributed by atoms with E-state index in [4.69, 9.17) is 0 Å². The maximum atomic E-state index is 9.45. The fraction of sp³-hybridized carbons (Fsp3) is 0.600. The first kappa shape index (κ1) is 13.4. The predicted molar refractivity (Wildman–Crippen MR) is 72.6 cm³/mol. The van der Waals surface area contributed by atoms with Crippen LogP contribution in [0.1, 0.15) is 31.7 Å². The van der Waals surface area contributed by atoms with Crippen molar-refractivity contribution < 1.29 is 10.2 Å². The highest BCUT2D eigenvalue weighted by Gasteiger charge is 2.25. The largest absolute Gasteiger partial charge is 0.508 e. The van der Waals surface area contributed by atoms with E-state index in [1.54, 1.807) is 12.1 Å². The fourth-order valence-electron chi connectivity index (χ4n) is 2.54. The van der Waals surface area contributed by atoms with Crippen LogP contribution in [-0.2, 0) is 6.42 Å². The first-order chi connectivity index (χ1) is 8.69. The van der Waals surface area contributed by atoms with Crippen molar-refractivity contribution in [1.29, 1.82) is 0 Å². The van der Waals surface area contributed by atoms with E-state index in [-0.39, 0.29) is 18.4 Å². The van der Waals surface area contributed by atoms with E-state index in [1.165, 1.54) is 19.3 Å². The van der Waals surface area contributed by atoms with Gasteiger partial charge in [0.2, 0.25) is 0 Å². The van der Waals surface area contributed by atoms with E-state index < -0.39 is 0 Å². The van der Waals surface area contributed by atoms with E-state index >= 15 is 0 Å². The van der Waals surface area contributed by atoms with Crippen LogP contribution in [0.25, 0.3) is 0 Å². The highest BCUT2D eigenvalue weighted by Crippen LogP contribution is 2.29. The number of phenols is 1. The fourth-order valence-corrected chi connectivity index (χ4v) is 2.54. The molecular weight excluding hydrogens is 226 g/mol. The van der Waals surface area contributed by atoms with E-state index in [0.717, 1.165) is 17.9 Å². The van der Waals surface area contributed by atoms with Gasteiger partial charge in [-0.3, -0.25) is 0 Å². The third kappa shape index (κ3) is 3.47. The van der Waals surface area contributed by atoms with Crippen LogP contribution in [0, 0.1) is 5.92 Å². The summed E-state index contributed by atoms with van der Waals surface area (Å²) in [7, 11) is 0. The first-order valence-electron chi connectivity index (χ1n) is 6.84. The molecule has 0 heterocycles. The lowest BCUT2D eigenvalue weighted by molar-refractivity contribution is 0.185. The zero-order valence-electron chi connectivity index (χ0n) is 11.0.